The number of hydrogen-bond acceptors (Lipinski definition) is 3. The molecule has 7 heteroatoms. The number of carbonyl (C=O) groups is 1. The minimum atomic E-state index is -4.47. The molecule has 3 unspecified atom stereocenters. The molecule has 0 spiro atoms. The standard InChI is InChI=1S/C17H24F3N3O/c1-12-7-8-23(14(9-12)10-21)15(24)11-22-16(17(18,19)20)13-5-3-2-4-6-13/h2-6,12,14,16,22H,7-11,21H2,1H3. The maximum absolute atomic E-state index is 13.3. The number of rotatable bonds is 5. The van der Waals surface area contributed by atoms with E-state index in [0.29, 0.717) is 19.0 Å². The van der Waals surface area contributed by atoms with E-state index in [4.69, 9.17) is 5.73 Å². The van der Waals surface area contributed by atoms with Gasteiger partial charge in [0.15, 0.2) is 0 Å². The SMILES string of the molecule is CC1CCN(C(=O)CNC(c2ccccc2)C(F)(F)F)C(CN)C1. The lowest BCUT2D eigenvalue weighted by molar-refractivity contribution is -0.159. The number of benzene rings is 1. The number of nitrogens with two attached hydrogens (primary N) is 1. The van der Waals surface area contributed by atoms with E-state index in [-0.39, 0.29) is 24.1 Å². The lowest BCUT2D eigenvalue weighted by Gasteiger charge is -2.38. The van der Waals surface area contributed by atoms with Crippen LogP contribution in [0.1, 0.15) is 31.4 Å². The lowest BCUT2D eigenvalue weighted by Crippen LogP contribution is -2.52. The summed E-state index contributed by atoms with van der Waals surface area (Å²) >= 11 is 0. The van der Waals surface area contributed by atoms with E-state index in [0.717, 1.165) is 12.8 Å². The normalized spacial score (nSPS) is 23.1. The number of halogens is 3. The van der Waals surface area contributed by atoms with E-state index in [1.165, 1.54) is 12.1 Å². The van der Waals surface area contributed by atoms with Crippen molar-refractivity contribution >= 4 is 5.91 Å². The third-order valence-electron chi connectivity index (χ3n) is 4.49. The Morgan fingerprint density at radius 2 is 2.04 bits per heavy atom. The zero-order valence-electron chi connectivity index (χ0n) is 13.7. The summed E-state index contributed by atoms with van der Waals surface area (Å²) in [5.41, 5.74) is 5.81. The maximum atomic E-state index is 13.3. The summed E-state index contributed by atoms with van der Waals surface area (Å²) < 4.78 is 39.9. The second kappa shape index (κ2) is 7.98. The molecular weight excluding hydrogens is 319 g/mol. The predicted molar refractivity (Wildman–Crippen MR) is 86.2 cm³/mol. The lowest BCUT2D eigenvalue weighted by atomic mass is 9.92. The Kier molecular flexibility index (Phi) is 6.23. The third-order valence-corrected chi connectivity index (χ3v) is 4.49. The highest BCUT2D eigenvalue weighted by Crippen LogP contribution is 2.32. The molecule has 1 heterocycles. The van der Waals surface area contributed by atoms with Gasteiger partial charge in [0, 0.05) is 19.1 Å². The zero-order valence-corrected chi connectivity index (χ0v) is 13.7. The molecule has 0 saturated carbocycles. The molecule has 3 atom stereocenters. The van der Waals surface area contributed by atoms with E-state index in [9.17, 15) is 18.0 Å². The number of likely N-dealkylation sites (tertiary alicyclic amines) is 1. The number of hydrogen-bond donors (Lipinski definition) is 2. The van der Waals surface area contributed by atoms with Crippen LogP contribution in [0.4, 0.5) is 13.2 Å². The molecule has 1 aromatic carbocycles. The van der Waals surface area contributed by atoms with Gasteiger partial charge in [-0.3, -0.25) is 10.1 Å². The first-order valence-electron chi connectivity index (χ1n) is 8.17. The number of carbonyl (C=O) groups excluding carboxylic acids is 1. The Morgan fingerprint density at radius 3 is 2.62 bits per heavy atom. The van der Waals surface area contributed by atoms with Gasteiger partial charge in [-0.2, -0.15) is 13.2 Å². The minimum absolute atomic E-state index is 0.0934. The van der Waals surface area contributed by atoms with E-state index < -0.39 is 12.2 Å². The average Bonchev–Trinajstić information content (AvgIpc) is 2.54. The van der Waals surface area contributed by atoms with Crippen molar-refractivity contribution in [3.8, 4) is 0 Å². The average molecular weight is 343 g/mol. The van der Waals surface area contributed by atoms with Crippen LogP contribution in [0.3, 0.4) is 0 Å². The predicted octanol–water partition coefficient (Wildman–Crippen LogP) is 2.47. The Labute approximate surface area is 140 Å². The number of alkyl halides is 3. The summed E-state index contributed by atoms with van der Waals surface area (Å²) in [5.74, 6) is 0.144. The van der Waals surface area contributed by atoms with Crippen molar-refractivity contribution in [2.45, 2.75) is 38.0 Å². The topological polar surface area (TPSA) is 58.4 Å². The minimum Gasteiger partial charge on any atom is -0.337 e. The molecule has 1 saturated heterocycles. The van der Waals surface area contributed by atoms with Gasteiger partial charge in [-0.1, -0.05) is 37.3 Å². The molecule has 4 nitrogen and oxygen atoms in total. The van der Waals surface area contributed by atoms with Crippen molar-refractivity contribution in [1.29, 1.82) is 0 Å². The Bertz CT molecular complexity index is 536. The van der Waals surface area contributed by atoms with Crippen molar-refractivity contribution < 1.29 is 18.0 Å². The van der Waals surface area contributed by atoms with Gasteiger partial charge in [-0.05, 0) is 24.3 Å². The van der Waals surface area contributed by atoms with E-state index in [2.05, 4.69) is 12.2 Å². The highest BCUT2D eigenvalue weighted by molar-refractivity contribution is 5.78. The third kappa shape index (κ3) is 4.70. The second-order valence-electron chi connectivity index (χ2n) is 6.37. The summed E-state index contributed by atoms with van der Waals surface area (Å²) in [6, 6.07) is 5.61. The van der Waals surface area contributed by atoms with Crippen LogP contribution < -0.4 is 11.1 Å². The Hall–Kier alpha value is -1.60. The van der Waals surface area contributed by atoms with Crippen molar-refractivity contribution in [2.24, 2.45) is 11.7 Å². The van der Waals surface area contributed by atoms with Crippen molar-refractivity contribution in [3.05, 3.63) is 35.9 Å². The van der Waals surface area contributed by atoms with Gasteiger partial charge in [0.05, 0.1) is 6.54 Å². The van der Waals surface area contributed by atoms with Crippen LogP contribution in [-0.2, 0) is 4.79 Å². The van der Waals surface area contributed by atoms with Gasteiger partial charge < -0.3 is 10.6 Å². The smallest absolute Gasteiger partial charge is 0.337 e. The molecular formula is C17H24F3N3O. The summed E-state index contributed by atoms with van der Waals surface area (Å²) in [5, 5.41) is 2.37. The highest BCUT2D eigenvalue weighted by atomic mass is 19.4. The number of amides is 1. The van der Waals surface area contributed by atoms with Gasteiger partial charge in [0.1, 0.15) is 6.04 Å². The Morgan fingerprint density at radius 1 is 1.38 bits per heavy atom. The Balaban J connectivity index is 2.02. The molecule has 134 valence electrons. The maximum Gasteiger partial charge on any atom is 0.407 e. The van der Waals surface area contributed by atoms with Crippen molar-refractivity contribution in [3.63, 3.8) is 0 Å². The van der Waals surface area contributed by atoms with Crippen LogP contribution in [0.25, 0.3) is 0 Å². The molecule has 1 aliphatic heterocycles. The van der Waals surface area contributed by atoms with Crippen LogP contribution in [0.15, 0.2) is 30.3 Å². The zero-order chi connectivity index (χ0) is 17.7. The molecule has 0 aromatic heterocycles. The molecule has 24 heavy (non-hydrogen) atoms. The summed E-state index contributed by atoms with van der Waals surface area (Å²) in [4.78, 5) is 14.0. The van der Waals surface area contributed by atoms with Gasteiger partial charge in [0.25, 0.3) is 0 Å². The number of piperidine rings is 1. The van der Waals surface area contributed by atoms with Gasteiger partial charge in [-0.25, -0.2) is 0 Å². The van der Waals surface area contributed by atoms with Crippen molar-refractivity contribution in [2.75, 3.05) is 19.6 Å². The summed E-state index contributed by atoms with van der Waals surface area (Å²) in [6.07, 6.45) is -2.82. The monoisotopic (exact) mass is 343 g/mol. The first-order valence-corrected chi connectivity index (χ1v) is 8.17. The molecule has 0 radical (unpaired) electrons. The van der Waals surface area contributed by atoms with Crippen LogP contribution in [-0.4, -0.2) is 42.7 Å². The van der Waals surface area contributed by atoms with Crippen LogP contribution >= 0.6 is 0 Å². The summed E-state index contributed by atoms with van der Waals surface area (Å²) in [6.45, 7) is 2.62. The molecule has 0 aliphatic carbocycles. The fraction of sp³-hybridized carbons (Fsp3) is 0.588. The van der Waals surface area contributed by atoms with Gasteiger partial charge in [-0.15, -0.1) is 0 Å². The summed E-state index contributed by atoms with van der Waals surface area (Å²) in [7, 11) is 0. The molecule has 3 N–H and O–H groups in total. The van der Waals surface area contributed by atoms with E-state index in [1.807, 2.05) is 0 Å². The first kappa shape index (κ1) is 18.7. The molecule has 1 fully saturated rings. The second-order valence-corrected chi connectivity index (χ2v) is 6.37. The largest absolute Gasteiger partial charge is 0.407 e. The highest BCUT2D eigenvalue weighted by Gasteiger charge is 2.41. The van der Waals surface area contributed by atoms with Gasteiger partial charge in [0.2, 0.25) is 5.91 Å². The molecule has 2 rings (SSSR count). The molecule has 1 aromatic rings. The number of nitrogens with one attached hydrogen (secondary N) is 1. The van der Waals surface area contributed by atoms with Crippen LogP contribution in [0, 0.1) is 5.92 Å². The fourth-order valence-corrected chi connectivity index (χ4v) is 3.16. The van der Waals surface area contributed by atoms with Gasteiger partial charge >= 0.3 is 6.18 Å². The van der Waals surface area contributed by atoms with Crippen molar-refractivity contribution in [1.82, 2.24) is 10.2 Å². The fourth-order valence-electron chi connectivity index (χ4n) is 3.16. The quantitative estimate of drug-likeness (QED) is 0.863. The van der Waals surface area contributed by atoms with Crippen LogP contribution in [0.2, 0.25) is 0 Å². The molecule has 1 aliphatic rings. The van der Waals surface area contributed by atoms with E-state index >= 15 is 0 Å². The van der Waals surface area contributed by atoms with E-state index in [1.54, 1.807) is 23.1 Å². The van der Waals surface area contributed by atoms with Crippen LogP contribution in [0.5, 0.6) is 0 Å². The molecule has 1 amide bonds. The molecule has 0 bridgehead atoms. The number of nitrogens with zero attached hydrogens (tertiary/aromatic N) is 1. The first-order chi connectivity index (χ1) is 11.3.